The van der Waals surface area contributed by atoms with E-state index in [0.29, 0.717) is 45.0 Å². The van der Waals surface area contributed by atoms with Gasteiger partial charge in [-0.25, -0.2) is 4.98 Å². The van der Waals surface area contributed by atoms with Crippen LogP contribution in [0.15, 0.2) is 53.6 Å². The van der Waals surface area contributed by atoms with Crippen LogP contribution < -0.4 is 9.80 Å². The number of piperazine rings is 1. The molecule has 0 N–H and O–H groups in total. The van der Waals surface area contributed by atoms with Crippen LogP contribution in [-0.4, -0.2) is 83.6 Å². The van der Waals surface area contributed by atoms with Crippen molar-refractivity contribution in [1.82, 2.24) is 14.8 Å². The zero-order chi connectivity index (χ0) is 24.2. The average molecular weight is 494 g/mol. The Labute approximate surface area is 210 Å². The van der Waals surface area contributed by atoms with E-state index < -0.39 is 5.25 Å². The summed E-state index contributed by atoms with van der Waals surface area (Å²) in [6.45, 7) is 3.88. The standard InChI is InChI=1S/C26H31N5O3S/c32-23(29-17-15-28(16-18-29)22-11-5-6-12-27-22)19-31-20-9-3-4-10-21(20)35-24(26(31)34)25(33)30-13-7-1-2-8-14-30/h3-6,9-12,24H,1-2,7-8,13-19H2/t24-/m1/s1. The van der Waals surface area contributed by atoms with Gasteiger partial charge >= 0.3 is 0 Å². The molecule has 35 heavy (non-hydrogen) atoms. The minimum Gasteiger partial charge on any atom is -0.353 e. The maximum Gasteiger partial charge on any atom is 0.250 e. The predicted molar refractivity (Wildman–Crippen MR) is 137 cm³/mol. The molecule has 1 aromatic heterocycles. The second-order valence-corrected chi connectivity index (χ2v) is 10.3. The summed E-state index contributed by atoms with van der Waals surface area (Å²) in [7, 11) is 0. The molecule has 2 fully saturated rings. The minimum absolute atomic E-state index is 0.0518. The molecule has 5 rings (SSSR count). The summed E-state index contributed by atoms with van der Waals surface area (Å²) in [6, 6.07) is 13.4. The molecule has 8 nitrogen and oxygen atoms in total. The molecule has 4 heterocycles. The Morgan fingerprint density at radius 1 is 0.857 bits per heavy atom. The highest BCUT2D eigenvalue weighted by Gasteiger charge is 2.41. The van der Waals surface area contributed by atoms with Crippen LogP contribution in [0.25, 0.3) is 0 Å². The smallest absolute Gasteiger partial charge is 0.250 e. The molecule has 0 radical (unpaired) electrons. The number of pyridine rings is 1. The van der Waals surface area contributed by atoms with Crippen LogP contribution in [0, 0.1) is 0 Å². The second kappa shape index (κ2) is 10.7. The molecule has 2 aromatic rings. The second-order valence-electron chi connectivity index (χ2n) is 9.19. The van der Waals surface area contributed by atoms with E-state index in [1.807, 2.05) is 52.3 Å². The Balaban J connectivity index is 1.28. The van der Waals surface area contributed by atoms with Gasteiger partial charge in [-0.3, -0.25) is 14.4 Å². The van der Waals surface area contributed by atoms with E-state index in [1.54, 1.807) is 6.20 Å². The molecule has 9 heteroatoms. The van der Waals surface area contributed by atoms with Crippen molar-refractivity contribution in [3.8, 4) is 0 Å². The first-order chi connectivity index (χ1) is 17.1. The SMILES string of the molecule is O=C(CN1C(=O)[C@@H](C(=O)N2CCCCCC2)Sc2ccccc21)N1CCN(c2ccccn2)CC1. The zero-order valence-corrected chi connectivity index (χ0v) is 20.7. The molecule has 184 valence electrons. The maximum absolute atomic E-state index is 13.6. The number of nitrogens with zero attached hydrogens (tertiary/aromatic N) is 5. The summed E-state index contributed by atoms with van der Waals surface area (Å²) < 4.78 is 0. The Bertz CT molecular complexity index is 1070. The highest BCUT2D eigenvalue weighted by molar-refractivity contribution is 8.01. The van der Waals surface area contributed by atoms with Gasteiger partial charge in [0, 0.05) is 50.4 Å². The maximum atomic E-state index is 13.6. The molecule has 2 saturated heterocycles. The topological polar surface area (TPSA) is 77.1 Å². The fraction of sp³-hybridized carbons (Fsp3) is 0.462. The number of amides is 3. The quantitative estimate of drug-likeness (QED) is 0.610. The van der Waals surface area contributed by atoms with Gasteiger partial charge in [-0.15, -0.1) is 11.8 Å². The number of likely N-dealkylation sites (tertiary alicyclic amines) is 1. The van der Waals surface area contributed by atoms with E-state index >= 15 is 0 Å². The third-order valence-corrected chi connectivity index (χ3v) is 8.17. The third-order valence-electron chi connectivity index (χ3n) is 6.93. The van der Waals surface area contributed by atoms with Crippen molar-refractivity contribution < 1.29 is 14.4 Å². The molecule has 3 amide bonds. The largest absolute Gasteiger partial charge is 0.353 e. The number of thioether (sulfide) groups is 1. The van der Waals surface area contributed by atoms with Crippen molar-refractivity contribution in [2.24, 2.45) is 0 Å². The normalized spacial score (nSPS) is 20.9. The van der Waals surface area contributed by atoms with Crippen LogP contribution in [-0.2, 0) is 14.4 Å². The fourth-order valence-electron chi connectivity index (χ4n) is 4.95. The van der Waals surface area contributed by atoms with Gasteiger partial charge < -0.3 is 19.6 Å². The monoisotopic (exact) mass is 493 g/mol. The van der Waals surface area contributed by atoms with Crippen LogP contribution in [0.5, 0.6) is 0 Å². The lowest BCUT2D eigenvalue weighted by Gasteiger charge is -2.38. The lowest BCUT2D eigenvalue weighted by atomic mass is 10.2. The molecule has 3 aliphatic rings. The van der Waals surface area contributed by atoms with Crippen molar-refractivity contribution in [2.75, 3.05) is 55.6 Å². The Kier molecular flexibility index (Phi) is 7.22. The molecule has 1 aromatic carbocycles. The summed E-state index contributed by atoms with van der Waals surface area (Å²) in [6.07, 6.45) is 5.95. The molecule has 3 aliphatic heterocycles. The summed E-state index contributed by atoms with van der Waals surface area (Å²) in [5, 5.41) is -0.836. The van der Waals surface area contributed by atoms with Gasteiger partial charge in [-0.2, -0.15) is 0 Å². The van der Waals surface area contributed by atoms with E-state index in [9.17, 15) is 14.4 Å². The van der Waals surface area contributed by atoms with Crippen molar-refractivity contribution >= 4 is 41.0 Å². The van der Waals surface area contributed by atoms with Gasteiger partial charge in [0.05, 0.1) is 5.69 Å². The van der Waals surface area contributed by atoms with Crippen LogP contribution in [0.3, 0.4) is 0 Å². The third kappa shape index (κ3) is 5.15. The molecule has 0 unspecified atom stereocenters. The number of hydrogen-bond donors (Lipinski definition) is 0. The lowest BCUT2D eigenvalue weighted by molar-refractivity contribution is -0.136. The molecule has 0 aliphatic carbocycles. The minimum atomic E-state index is -0.836. The first-order valence-corrected chi connectivity index (χ1v) is 13.3. The number of fused-ring (bicyclic) bond motifs is 1. The highest BCUT2D eigenvalue weighted by atomic mass is 32.2. The first kappa shape index (κ1) is 23.7. The number of aromatic nitrogens is 1. The molecular formula is C26H31N5O3S. The lowest BCUT2D eigenvalue weighted by Crippen LogP contribution is -2.55. The van der Waals surface area contributed by atoms with E-state index in [2.05, 4.69) is 9.88 Å². The van der Waals surface area contributed by atoms with Crippen LogP contribution in [0.1, 0.15) is 25.7 Å². The fourth-order valence-corrected chi connectivity index (χ4v) is 6.14. The number of carbonyl (C=O) groups is 3. The van der Waals surface area contributed by atoms with Gasteiger partial charge in [0.1, 0.15) is 12.4 Å². The van der Waals surface area contributed by atoms with Crippen LogP contribution >= 0.6 is 11.8 Å². The van der Waals surface area contributed by atoms with E-state index in [4.69, 9.17) is 0 Å². The van der Waals surface area contributed by atoms with Gasteiger partial charge in [0.25, 0.3) is 5.91 Å². The van der Waals surface area contributed by atoms with Gasteiger partial charge in [0.15, 0.2) is 5.25 Å². The molecular weight excluding hydrogens is 462 g/mol. The van der Waals surface area contributed by atoms with Crippen LogP contribution in [0.2, 0.25) is 0 Å². The number of rotatable bonds is 4. The molecule has 1 atom stereocenters. The van der Waals surface area contributed by atoms with Crippen molar-refractivity contribution in [3.63, 3.8) is 0 Å². The average Bonchev–Trinajstić information content (AvgIpc) is 3.20. The van der Waals surface area contributed by atoms with E-state index in [-0.39, 0.29) is 24.3 Å². The molecule has 0 bridgehead atoms. The van der Waals surface area contributed by atoms with Crippen molar-refractivity contribution in [2.45, 2.75) is 35.8 Å². The summed E-state index contributed by atoms with van der Waals surface area (Å²) in [5.74, 6) is 0.398. The molecule has 0 saturated carbocycles. The number of benzene rings is 1. The number of hydrogen-bond acceptors (Lipinski definition) is 6. The Morgan fingerprint density at radius 2 is 1.57 bits per heavy atom. The highest BCUT2D eigenvalue weighted by Crippen LogP contribution is 2.40. The van der Waals surface area contributed by atoms with Gasteiger partial charge in [-0.05, 0) is 37.1 Å². The first-order valence-electron chi connectivity index (χ1n) is 12.4. The Hall–Kier alpha value is -3.07. The Morgan fingerprint density at radius 3 is 2.29 bits per heavy atom. The van der Waals surface area contributed by atoms with E-state index in [0.717, 1.165) is 36.4 Å². The van der Waals surface area contributed by atoms with Gasteiger partial charge in [-0.1, -0.05) is 31.0 Å². The summed E-state index contributed by atoms with van der Waals surface area (Å²) in [4.78, 5) is 52.9. The van der Waals surface area contributed by atoms with Crippen LogP contribution in [0.4, 0.5) is 11.5 Å². The summed E-state index contributed by atoms with van der Waals surface area (Å²) in [5.41, 5.74) is 0.711. The number of para-hydroxylation sites is 1. The molecule has 0 spiro atoms. The predicted octanol–water partition coefficient (Wildman–Crippen LogP) is 2.64. The summed E-state index contributed by atoms with van der Waals surface area (Å²) >= 11 is 1.32. The van der Waals surface area contributed by atoms with Gasteiger partial charge in [0.2, 0.25) is 11.8 Å². The zero-order valence-electron chi connectivity index (χ0n) is 19.8. The number of anilines is 2. The number of carbonyl (C=O) groups excluding carboxylic acids is 3. The van der Waals surface area contributed by atoms with E-state index in [1.165, 1.54) is 16.7 Å². The van der Waals surface area contributed by atoms with Crippen molar-refractivity contribution in [3.05, 3.63) is 48.7 Å². The van der Waals surface area contributed by atoms with Crippen molar-refractivity contribution in [1.29, 1.82) is 0 Å².